The van der Waals surface area contributed by atoms with Crippen LogP contribution in [0.3, 0.4) is 0 Å². The summed E-state index contributed by atoms with van der Waals surface area (Å²) < 4.78 is 0. The lowest BCUT2D eigenvalue weighted by atomic mass is 10.0. The Kier molecular flexibility index (Phi) is 12.3. The Bertz CT molecular complexity index is 140. The van der Waals surface area contributed by atoms with Crippen molar-refractivity contribution in [1.82, 2.24) is 4.90 Å². The van der Waals surface area contributed by atoms with Crippen LogP contribution in [0.2, 0.25) is 0 Å². The van der Waals surface area contributed by atoms with E-state index < -0.39 is 0 Å². The van der Waals surface area contributed by atoms with Crippen molar-refractivity contribution in [2.24, 2.45) is 11.7 Å². The van der Waals surface area contributed by atoms with Gasteiger partial charge in [0.25, 0.3) is 0 Å². The minimum absolute atomic E-state index is 0.805. The molecule has 0 saturated carbocycles. The van der Waals surface area contributed by atoms with Crippen molar-refractivity contribution >= 4 is 0 Å². The van der Waals surface area contributed by atoms with Crippen LogP contribution < -0.4 is 5.73 Å². The molecule has 0 aliphatic rings. The van der Waals surface area contributed by atoms with Crippen LogP contribution in [-0.4, -0.2) is 31.1 Å². The zero-order valence-corrected chi connectivity index (χ0v) is 12.4. The maximum absolute atomic E-state index is 5.58. The van der Waals surface area contributed by atoms with E-state index in [9.17, 15) is 0 Å². The highest BCUT2D eigenvalue weighted by atomic mass is 15.1. The van der Waals surface area contributed by atoms with Gasteiger partial charge in [0.05, 0.1) is 0 Å². The van der Waals surface area contributed by atoms with Gasteiger partial charge in [-0.2, -0.15) is 0 Å². The van der Waals surface area contributed by atoms with Crippen LogP contribution in [0.4, 0.5) is 0 Å². The molecule has 0 aromatic heterocycles. The van der Waals surface area contributed by atoms with Crippen LogP contribution in [0.25, 0.3) is 0 Å². The molecule has 0 aliphatic heterocycles. The molecule has 0 rings (SSSR count). The number of hydrogen-bond acceptors (Lipinski definition) is 2. The van der Waals surface area contributed by atoms with Crippen molar-refractivity contribution in [3.8, 4) is 0 Å². The molecule has 104 valence electrons. The van der Waals surface area contributed by atoms with Crippen molar-refractivity contribution < 1.29 is 0 Å². The average Bonchev–Trinajstić information content (AvgIpc) is 2.32. The molecule has 0 bridgehead atoms. The third-order valence-electron chi connectivity index (χ3n) is 3.49. The second kappa shape index (κ2) is 12.4. The molecule has 0 amide bonds. The summed E-state index contributed by atoms with van der Waals surface area (Å²) in [4.78, 5) is 2.65. The van der Waals surface area contributed by atoms with Gasteiger partial charge in [-0.15, -0.1) is 0 Å². The van der Waals surface area contributed by atoms with E-state index in [1.165, 1.54) is 64.6 Å². The molecule has 17 heavy (non-hydrogen) atoms. The van der Waals surface area contributed by atoms with Crippen molar-refractivity contribution in [2.45, 2.75) is 65.7 Å². The first kappa shape index (κ1) is 16.9. The third-order valence-corrected chi connectivity index (χ3v) is 3.49. The van der Waals surface area contributed by atoms with Gasteiger partial charge in [0, 0.05) is 0 Å². The van der Waals surface area contributed by atoms with Crippen molar-refractivity contribution in [3.63, 3.8) is 0 Å². The molecule has 0 heterocycles. The third kappa shape index (κ3) is 10.8. The Labute approximate surface area is 109 Å². The van der Waals surface area contributed by atoms with Gasteiger partial charge < -0.3 is 10.6 Å². The maximum atomic E-state index is 5.58. The van der Waals surface area contributed by atoms with E-state index >= 15 is 0 Å². The molecule has 0 spiro atoms. The minimum atomic E-state index is 0.805. The summed E-state index contributed by atoms with van der Waals surface area (Å²) >= 11 is 0. The van der Waals surface area contributed by atoms with Crippen molar-refractivity contribution in [2.75, 3.05) is 26.2 Å². The van der Waals surface area contributed by atoms with Crippen LogP contribution in [0.1, 0.15) is 65.7 Å². The van der Waals surface area contributed by atoms with Crippen LogP contribution in [-0.2, 0) is 0 Å². The van der Waals surface area contributed by atoms with E-state index in [-0.39, 0.29) is 0 Å². The Hall–Kier alpha value is -0.0800. The van der Waals surface area contributed by atoms with E-state index in [1.807, 2.05) is 0 Å². The van der Waals surface area contributed by atoms with Crippen molar-refractivity contribution in [1.29, 1.82) is 0 Å². The molecule has 0 fully saturated rings. The van der Waals surface area contributed by atoms with E-state index in [1.54, 1.807) is 0 Å². The number of hydrogen-bond donors (Lipinski definition) is 1. The van der Waals surface area contributed by atoms with E-state index in [0.29, 0.717) is 0 Å². The topological polar surface area (TPSA) is 29.3 Å². The maximum Gasteiger partial charge on any atom is -0.00186 e. The summed E-state index contributed by atoms with van der Waals surface area (Å²) in [6.45, 7) is 11.6. The molecule has 0 aromatic rings. The van der Waals surface area contributed by atoms with E-state index in [2.05, 4.69) is 25.7 Å². The predicted octanol–water partition coefficient (Wildman–Crippen LogP) is 3.65. The Morgan fingerprint density at radius 1 is 0.882 bits per heavy atom. The largest absolute Gasteiger partial charge is 0.330 e. The fourth-order valence-corrected chi connectivity index (χ4v) is 2.19. The highest BCUT2D eigenvalue weighted by Gasteiger charge is 2.05. The fraction of sp³-hybridized carbons (Fsp3) is 1.00. The van der Waals surface area contributed by atoms with Gasteiger partial charge in [-0.1, -0.05) is 33.6 Å². The first-order valence-corrected chi connectivity index (χ1v) is 7.66. The van der Waals surface area contributed by atoms with Crippen LogP contribution in [0.5, 0.6) is 0 Å². The lowest BCUT2D eigenvalue weighted by molar-refractivity contribution is 0.253. The fourth-order valence-electron chi connectivity index (χ4n) is 2.19. The number of nitrogens with two attached hydrogens (primary N) is 1. The van der Waals surface area contributed by atoms with Crippen molar-refractivity contribution in [3.05, 3.63) is 0 Å². The highest BCUT2D eigenvalue weighted by Crippen LogP contribution is 2.10. The lowest BCUT2D eigenvalue weighted by Gasteiger charge is -2.22. The number of nitrogens with zero attached hydrogens (tertiary/aromatic N) is 1. The zero-order chi connectivity index (χ0) is 12.9. The van der Waals surface area contributed by atoms with Crippen LogP contribution in [0, 0.1) is 5.92 Å². The second-order valence-corrected chi connectivity index (χ2v) is 5.37. The van der Waals surface area contributed by atoms with Gasteiger partial charge >= 0.3 is 0 Å². The standard InChI is InChI=1S/C15H34N2/c1-4-6-12-17(13-7-5-2)14-8-9-15(3)10-11-16/h15H,4-14,16H2,1-3H3. The smallest absolute Gasteiger partial charge is 0.00186 e. The molecule has 0 aliphatic carbocycles. The first-order chi connectivity index (χ1) is 8.24. The van der Waals surface area contributed by atoms with E-state index in [0.717, 1.165) is 12.5 Å². The van der Waals surface area contributed by atoms with Gasteiger partial charge in [0.15, 0.2) is 0 Å². The summed E-state index contributed by atoms with van der Waals surface area (Å²) in [6.07, 6.45) is 9.19. The Balaban J connectivity index is 3.65. The summed E-state index contributed by atoms with van der Waals surface area (Å²) in [5.74, 6) is 0.805. The average molecular weight is 242 g/mol. The molecule has 2 heteroatoms. The molecule has 0 radical (unpaired) electrons. The Morgan fingerprint density at radius 2 is 1.41 bits per heavy atom. The molecule has 0 aromatic carbocycles. The lowest BCUT2D eigenvalue weighted by Crippen LogP contribution is -2.27. The minimum Gasteiger partial charge on any atom is -0.330 e. The summed E-state index contributed by atoms with van der Waals surface area (Å²) in [5.41, 5.74) is 5.58. The predicted molar refractivity (Wildman–Crippen MR) is 78.3 cm³/mol. The summed E-state index contributed by atoms with van der Waals surface area (Å²) in [5, 5.41) is 0. The van der Waals surface area contributed by atoms with Gasteiger partial charge in [-0.05, 0) is 64.2 Å². The molecular weight excluding hydrogens is 208 g/mol. The first-order valence-electron chi connectivity index (χ1n) is 7.66. The molecular formula is C15H34N2. The van der Waals surface area contributed by atoms with E-state index in [4.69, 9.17) is 5.73 Å². The van der Waals surface area contributed by atoms with Gasteiger partial charge in [-0.3, -0.25) is 0 Å². The van der Waals surface area contributed by atoms with Gasteiger partial charge in [0.1, 0.15) is 0 Å². The SMILES string of the molecule is CCCCN(CCCC)CCCC(C)CCN. The molecule has 1 unspecified atom stereocenters. The zero-order valence-electron chi connectivity index (χ0n) is 12.4. The number of rotatable bonds is 12. The van der Waals surface area contributed by atoms with Gasteiger partial charge in [-0.25, -0.2) is 0 Å². The van der Waals surface area contributed by atoms with Crippen LogP contribution >= 0.6 is 0 Å². The monoisotopic (exact) mass is 242 g/mol. The second-order valence-electron chi connectivity index (χ2n) is 5.37. The highest BCUT2D eigenvalue weighted by molar-refractivity contribution is 4.61. The molecule has 0 saturated heterocycles. The summed E-state index contributed by atoms with van der Waals surface area (Å²) in [6, 6.07) is 0. The quantitative estimate of drug-likeness (QED) is 0.566. The van der Waals surface area contributed by atoms with Gasteiger partial charge in [0.2, 0.25) is 0 Å². The molecule has 2 nitrogen and oxygen atoms in total. The van der Waals surface area contributed by atoms with Crippen LogP contribution in [0.15, 0.2) is 0 Å². The number of unbranched alkanes of at least 4 members (excludes halogenated alkanes) is 2. The molecule has 2 N–H and O–H groups in total. The normalized spacial score (nSPS) is 13.2. The molecule has 1 atom stereocenters. The summed E-state index contributed by atoms with van der Waals surface area (Å²) in [7, 11) is 0. The Morgan fingerprint density at radius 3 is 1.88 bits per heavy atom.